The summed E-state index contributed by atoms with van der Waals surface area (Å²) in [7, 11) is -3.87. The van der Waals surface area contributed by atoms with E-state index in [0.29, 0.717) is 5.56 Å². The normalized spacial score (nSPS) is 26.2. The predicted octanol–water partition coefficient (Wildman–Crippen LogP) is 0.833. The van der Waals surface area contributed by atoms with Crippen molar-refractivity contribution in [3.63, 3.8) is 0 Å². The van der Waals surface area contributed by atoms with E-state index in [1.54, 1.807) is 0 Å². The van der Waals surface area contributed by atoms with Crippen LogP contribution in [0.5, 0.6) is 0 Å². The number of nitrogens with zero attached hydrogens (tertiary/aromatic N) is 1. The number of benzene rings is 1. The Morgan fingerprint density at radius 3 is 2.86 bits per heavy atom. The minimum absolute atomic E-state index is 0.144. The number of aliphatic hydroxyl groups is 1. The minimum Gasteiger partial charge on any atom is -0.392 e. The lowest BCUT2D eigenvalue weighted by Crippen LogP contribution is -2.42. The molecule has 2 aliphatic rings. The summed E-state index contributed by atoms with van der Waals surface area (Å²) in [6, 6.07) is 3.79. The van der Waals surface area contributed by atoms with Crippen LogP contribution in [0.4, 0.5) is 4.39 Å². The van der Waals surface area contributed by atoms with Gasteiger partial charge in [0, 0.05) is 18.6 Å². The van der Waals surface area contributed by atoms with Crippen molar-refractivity contribution in [1.82, 2.24) is 9.62 Å². The molecule has 5 nitrogen and oxygen atoms in total. The Bertz CT molecular complexity index is 635. The molecule has 21 heavy (non-hydrogen) atoms. The molecule has 0 amide bonds. The van der Waals surface area contributed by atoms with Crippen LogP contribution < -0.4 is 4.72 Å². The van der Waals surface area contributed by atoms with E-state index in [9.17, 15) is 12.8 Å². The first-order valence-electron chi connectivity index (χ1n) is 7.17. The molecule has 0 aliphatic carbocycles. The molecule has 2 unspecified atom stereocenters. The Morgan fingerprint density at radius 2 is 2.14 bits per heavy atom. The van der Waals surface area contributed by atoms with Crippen molar-refractivity contribution < 1.29 is 17.9 Å². The van der Waals surface area contributed by atoms with Gasteiger partial charge in [0.2, 0.25) is 10.0 Å². The molecule has 2 aliphatic heterocycles. The van der Waals surface area contributed by atoms with Gasteiger partial charge in [0.15, 0.2) is 0 Å². The summed E-state index contributed by atoms with van der Waals surface area (Å²) < 4.78 is 41.3. The monoisotopic (exact) mass is 314 g/mol. The molecule has 116 valence electrons. The molecule has 1 aromatic rings. The third-order valence-corrected chi connectivity index (χ3v) is 5.90. The Labute approximate surface area is 123 Å². The molecule has 2 heterocycles. The van der Waals surface area contributed by atoms with Crippen LogP contribution in [0, 0.1) is 5.82 Å². The van der Waals surface area contributed by atoms with Crippen LogP contribution >= 0.6 is 0 Å². The van der Waals surface area contributed by atoms with Crippen LogP contribution in [-0.2, 0) is 16.6 Å². The topological polar surface area (TPSA) is 69.6 Å². The molecule has 0 radical (unpaired) electrons. The molecule has 2 saturated heterocycles. The molecule has 2 N–H and O–H groups in total. The Kier molecular flexibility index (Phi) is 4.00. The second-order valence-corrected chi connectivity index (χ2v) is 7.37. The highest BCUT2D eigenvalue weighted by molar-refractivity contribution is 7.89. The van der Waals surface area contributed by atoms with Gasteiger partial charge in [-0.2, -0.15) is 0 Å². The van der Waals surface area contributed by atoms with Gasteiger partial charge in [-0.1, -0.05) is 6.07 Å². The lowest BCUT2D eigenvalue weighted by Gasteiger charge is -2.21. The summed E-state index contributed by atoms with van der Waals surface area (Å²) >= 11 is 0. The number of aliphatic hydroxyl groups excluding tert-OH is 1. The standard InChI is InChI=1S/C14H19FN2O3S/c15-11-8-10(9-18)3-4-14(11)21(19,20)16-12-5-7-17-6-1-2-13(12)17/h3-4,8,12-13,16,18H,1-2,5-7,9H2. The Morgan fingerprint density at radius 1 is 1.33 bits per heavy atom. The third kappa shape index (κ3) is 2.83. The molecule has 0 bridgehead atoms. The van der Waals surface area contributed by atoms with Gasteiger partial charge in [-0.05, 0) is 43.5 Å². The lowest BCUT2D eigenvalue weighted by atomic mass is 10.1. The minimum atomic E-state index is -3.87. The fraction of sp³-hybridized carbons (Fsp3) is 0.571. The van der Waals surface area contributed by atoms with Crippen molar-refractivity contribution in [3.05, 3.63) is 29.6 Å². The van der Waals surface area contributed by atoms with Crippen LogP contribution in [0.1, 0.15) is 24.8 Å². The first kappa shape index (κ1) is 14.9. The highest BCUT2D eigenvalue weighted by Crippen LogP contribution is 2.29. The van der Waals surface area contributed by atoms with Crippen molar-refractivity contribution in [2.24, 2.45) is 0 Å². The molecule has 2 atom stereocenters. The zero-order chi connectivity index (χ0) is 15.0. The largest absolute Gasteiger partial charge is 0.392 e. The van der Waals surface area contributed by atoms with E-state index in [1.807, 2.05) is 0 Å². The third-order valence-electron chi connectivity index (χ3n) is 4.38. The zero-order valence-electron chi connectivity index (χ0n) is 11.6. The first-order valence-corrected chi connectivity index (χ1v) is 8.65. The second-order valence-electron chi connectivity index (χ2n) is 5.68. The van der Waals surface area contributed by atoms with Crippen molar-refractivity contribution in [2.45, 2.75) is 42.8 Å². The van der Waals surface area contributed by atoms with Crippen LogP contribution in [-0.4, -0.2) is 43.6 Å². The molecule has 0 aromatic heterocycles. The first-order chi connectivity index (χ1) is 10.0. The zero-order valence-corrected chi connectivity index (χ0v) is 12.4. The van der Waals surface area contributed by atoms with Gasteiger partial charge in [0.25, 0.3) is 0 Å². The quantitative estimate of drug-likeness (QED) is 0.864. The van der Waals surface area contributed by atoms with Gasteiger partial charge in [-0.25, -0.2) is 17.5 Å². The maximum atomic E-state index is 13.9. The van der Waals surface area contributed by atoms with Crippen molar-refractivity contribution >= 4 is 10.0 Å². The van der Waals surface area contributed by atoms with E-state index < -0.39 is 15.8 Å². The number of fused-ring (bicyclic) bond motifs is 1. The maximum absolute atomic E-state index is 13.9. The predicted molar refractivity (Wildman–Crippen MR) is 75.6 cm³/mol. The fourth-order valence-electron chi connectivity index (χ4n) is 3.34. The van der Waals surface area contributed by atoms with Crippen LogP contribution in [0.15, 0.2) is 23.1 Å². The van der Waals surface area contributed by atoms with Crippen LogP contribution in [0.2, 0.25) is 0 Å². The van der Waals surface area contributed by atoms with Gasteiger partial charge in [0.05, 0.1) is 6.61 Å². The van der Waals surface area contributed by atoms with E-state index >= 15 is 0 Å². The number of halogens is 1. The molecule has 3 rings (SSSR count). The number of rotatable bonds is 4. The van der Waals surface area contributed by atoms with Crippen LogP contribution in [0.3, 0.4) is 0 Å². The highest BCUT2D eigenvalue weighted by atomic mass is 32.2. The number of nitrogens with one attached hydrogen (secondary N) is 1. The number of hydrogen-bond acceptors (Lipinski definition) is 4. The second kappa shape index (κ2) is 5.64. The Hall–Kier alpha value is -1.02. The van der Waals surface area contributed by atoms with Gasteiger partial charge in [-0.15, -0.1) is 0 Å². The molecule has 7 heteroatoms. The number of hydrogen-bond donors (Lipinski definition) is 2. The lowest BCUT2D eigenvalue weighted by molar-refractivity contribution is 0.281. The van der Waals surface area contributed by atoms with E-state index in [4.69, 9.17) is 5.11 Å². The summed E-state index contributed by atoms with van der Waals surface area (Å²) in [6.07, 6.45) is 2.84. The molecule has 0 saturated carbocycles. The average molecular weight is 314 g/mol. The maximum Gasteiger partial charge on any atom is 0.243 e. The van der Waals surface area contributed by atoms with Gasteiger partial charge in [0.1, 0.15) is 10.7 Å². The molecular formula is C14H19FN2O3S. The summed E-state index contributed by atoms with van der Waals surface area (Å²) in [5, 5.41) is 8.95. The van der Waals surface area contributed by atoms with E-state index in [2.05, 4.69) is 9.62 Å². The van der Waals surface area contributed by atoms with E-state index in [-0.39, 0.29) is 23.6 Å². The van der Waals surface area contributed by atoms with Crippen molar-refractivity contribution in [1.29, 1.82) is 0 Å². The van der Waals surface area contributed by atoms with Gasteiger partial charge < -0.3 is 5.11 Å². The molecule has 2 fully saturated rings. The van der Waals surface area contributed by atoms with Crippen molar-refractivity contribution in [3.8, 4) is 0 Å². The smallest absolute Gasteiger partial charge is 0.243 e. The molecule has 0 spiro atoms. The highest BCUT2D eigenvalue weighted by Gasteiger charge is 2.39. The summed E-state index contributed by atoms with van der Waals surface area (Å²) in [6.45, 7) is 1.59. The Balaban J connectivity index is 1.81. The average Bonchev–Trinajstić information content (AvgIpc) is 3.03. The van der Waals surface area contributed by atoms with Crippen LogP contribution in [0.25, 0.3) is 0 Å². The fourth-order valence-corrected chi connectivity index (χ4v) is 4.71. The number of sulfonamides is 1. The van der Waals surface area contributed by atoms with Crippen molar-refractivity contribution in [2.75, 3.05) is 13.1 Å². The molecular weight excluding hydrogens is 295 g/mol. The summed E-state index contributed by atoms with van der Waals surface area (Å²) in [4.78, 5) is 1.94. The van der Waals surface area contributed by atoms with Gasteiger partial charge >= 0.3 is 0 Å². The summed E-state index contributed by atoms with van der Waals surface area (Å²) in [5.74, 6) is -0.824. The van der Waals surface area contributed by atoms with E-state index in [1.165, 1.54) is 12.1 Å². The van der Waals surface area contributed by atoms with E-state index in [0.717, 1.165) is 38.4 Å². The summed E-state index contributed by atoms with van der Waals surface area (Å²) in [5.41, 5.74) is 0.356. The SMILES string of the molecule is O=S(=O)(NC1CCN2CCCC12)c1ccc(CO)cc1F. The molecule has 1 aromatic carbocycles. The van der Waals surface area contributed by atoms with Gasteiger partial charge in [-0.3, -0.25) is 4.90 Å².